The molecular formula is C25H20Cl2N2O3. The van der Waals surface area contributed by atoms with E-state index in [1.54, 1.807) is 6.07 Å². The molecular weight excluding hydrogens is 447 g/mol. The molecule has 5 rings (SSSR count). The van der Waals surface area contributed by atoms with Crippen LogP contribution in [0, 0.1) is 15.5 Å². The van der Waals surface area contributed by atoms with Crippen LogP contribution in [-0.2, 0) is 4.79 Å². The van der Waals surface area contributed by atoms with Gasteiger partial charge in [-0.25, -0.2) is 0 Å². The van der Waals surface area contributed by atoms with Gasteiger partial charge in [0, 0.05) is 29.3 Å². The summed E-state index contributed by atoms with van der Waals surface area (Å²) < 4.78 is 0. The largest absolute Gasteiger partial charge is 0.373 e. The minimum Gasteiger partial charge on any atom is -0.373 e. The fourth-order valence-corrected chi connectivity index (χ4v) is 5.50. The number of ketones is 1. The molecule has 0 spiro atoms. The molecule has 0 unspecified atom stereocenters. The minimum atomic E-state index is -0.563. The molecule has 2 aliphatic rings. The van der Waals surface area contributed by atoms with Crippen LogP contribution in [-0.4, -0.2) is 10.7 Å². The lowest BCUT2D eigenvalue weighted by atomic mass is 9.68. The van der Waals surface area contributed by atoms with Crippen LogP contribution in [0.25, 0.3) is 16.3 Å². The molecule has 0 amide bonds. The number of rotatable bonds is 2. The van der Waals surface area contributed by atoms with Crippen LogP contribution < -0.4 is 5.32 Å². The number of hydrogen-bond donors (Lipinski definition) is 1. The minimum absolute atomic E-state index is 0.0536. The fraction of sp³-hybridized carbons (Fsp3) is 0.240. The van der Waals surface area contributed by atoms with Gasteiger partial charge in [0.05, 0.1) is 16.0 Å². The third kappa shape index (κ3) is 3.19. The Labute approximate surface area is 195 Å². The van der Waals surface area contributed by atoms with Crippen LogP contribution in [0.3, 0.4) is 0 Å². The van der Waals surface area contributed by atoms with Crippen LogP contribution in [0.4, 0.5) is 11.4 Å². The quantitative estimate of drug-likeness (QED) is 0.316. The van der Waals surface area contributed by atoms with Crippen molar-refractivity contribution in [1.82, 2.24) is 0 Å². The molecule has 7 heteroatoms. The van der Waals surface area contributed by atoms with E-state index in [2.05, 4.69) is 31.3 Å². The van der Waals surface area contributed by atoms with Crippen molar-refractivity contribution in [3.05, 3.63) is 85.4 Å². The van der Waals surface area contributed by atoms with E-state index in [4.69, 9.17) is 23.2 Å². The van der Waals surface area contributed by atoms with Gasteiger partial charge in [-0.3, -0.25) is 14.9 Å². The number of hydrogen-bond acceptors (Lipinski definition) is 4. The molecule has 1 aliphatic carbocycles. The maximum absolute atomic E-state index is 13.5. The van der Waals surface area contributed by atoms with Crippen molar-refractivity contribution in [2.45, 2.75) is 32.7 Å². The second kappa shape index (κ2) is 7.32. The second-order valence-electron chi connectivity index (χ2n) is 9.18. The summed E-state index contributed by atoms with van der Waals surface area (Å²) in [6.45, 7) is 4.21. The molecule has 0 radical (unpaired) electrons. The summed E-state index contributed by atoms with van der Waals surface area (Å²) in [5.41, 5.74) is 3.74. The summed E-state index contributed by atoms with van der Waals surface area (Å²) >= 11 is 12.8. The Bertz CT molecular complexity index is 1360. The number of nitrogens with zero attached hydrogens (tertiary/aromatic N) is 1. The third-order valence-corrected chi connectivity index (χ3v) is 7.23. The first-order valence-corrected chi connectivity index (χ1v) is 11.1. The van der Waals surface area contributed by atoms with E-state index in [1.807, 2.05) is 24.3 Å². The number of anilines is 1. The SMILES string of the molecule is CC1(C)CC(=O)C2=C(C1)c1c(ccc3ccccc13)N[C@H]2c1ccc([N+](=O)[O-])c(Cl)c1Cl. The highest BCUT2D eigenvalue weighted by Crippen LogP contribution is 2.53. The van der Waals surface area contributed by atoms with Crippen molar-refractivity contribution in [2.75, 3.05) is 5.32 Å². The van der Waals surface area contributed by atoms with E-state index >= 15 is 0 Å². The molecule has 0 fully saturated rings. The van der Waals surface area contributed by atoms with Gasteiger partial charge in [-0.15, -0.1) is 0 Å². The Kier molecular flexibility index (Phi) is 4.80. The number of allylic oxidation sites excluding steroid dienone is 1. The maximum Gasteiger partial charge on any atom is 0.289 e. The summed E-state index contributed by atoms with van der Waals surface area (Å²) in [5.74, 6) is 0.0536. The van der Waals surface area contributed by atoms with Gasteiger partial charge in [0.1, 0.15) is 5.02 Å². The van der Waals surface area contributed by atoms with Gasteiger partial charge in [-0.05, 0) is 45.9 Å². The predicted molar refractivity (Wildman–Crippen MR) is 128 cm³/mol. The number of halogens is 2. The Hall–Kier alpha value is -2.89. The average molecular weight is 467 g/mol. The highest BCUT2D eigenvalue weighted by atomic mass is 35.5. The van der Waals surface area contributed by atoms with Crippen LogP contribution in [0.2, 0.25) is 10.0 Å². The zero-order chi connectivity index (χ0) is 22.8. The van der Waals surface area contributed by atoms with Gasteiger partial charge in [0.25, 0.3) is 5.69 Å². The highest BCUT2D eigenvalue weighted by Gasteiger charge is 2.41. The molecule has 3 aromatic carbocycles. The molecule has 3 aromatic rings. The number of nitro benzene ring substituents is 1. The summed E-state index contributed by atoms with van der Waals surface area (Å²) in [6.07, 6.45) is 1.16. The molecule has 0 saturated heterocycles. The van der Waals surface area contributed by atoms with Gasteiger partial charge in [0.15, 0.2) is 5.78 Å². The van der Waals surface area contributed by atoms with E-state index in [1.165, 1.54) is 6.07 Å². The molecule has 1 N–H and O–H groups in total. The summed E-state index contributed by atoms with van der Waals surface area (Å²) in [7, 11) is 0. The molecule has 1 atom stereocenters. The third-order valence-electron chi connectivity index (χ3n) is 6.34. The molecule has 1 heterocycles. The standard InChI is InChI=1S/C25H20Cl2N2O3/c1-25(2)11-16-20-14-6-4-3-5-13(14)7-9-17(20)28-24(21(16)19(30)12-25)15-8-10-18(29(31)32)23(27)22(15)26/h3-10,24,28H,11-12H2,1-2H3/t24-/m0/s1. The lowest BCUT2D eigenvalue weighted by molar-refractivity contribution is -0.384. The molecule has 32 heavy (non-hydrogen) atoms. The van der Waals surface area contributed by atoms with Crippen LogP contribution in [0.15, 0.2) is 54.1 Å². The zero-order valence-corrected chi connectivity index (χ0v) is 19.1. The first-order chi connectivity index (χ1) is 15.2. The Morgan fingerprint density at radius 1 is 1.03 bits per heavy atom. The van der Waals surface area contributed by atoms with Crippen molar-refractivity contribution in [1.29, 1.82) is 0 Å². The van der Waals surface area contributed by atoms with E-state index in [0.717, 1.165) is 34.0 Å². The smallest absolute Gasteiger partial charge is 0.289 e. The van der Waals surface area contributed by atoms with Gasteiger partial charge in [-0.2, -0.15) is 0 Å². The van der Waals surface area contributed by atoms with Gasteiger partial charge in [0.2, 0.25) is 0 Å². The lowest BCUT2D eigenvalue weighted by Gasteiger charge is -2.40. The summed E-state index contributed by atoms with van der Waals surface area (Å²) in [5, 5.41) is 16.9. The molecule has 5 nitrogen and oxygen atoms in total. The fourth-order valence-electron chi connectivity index (χ4n) is 4.99. The van der Waals surface area contributed by atoms with Gasteiger partial charge < -0.3 is 5.32 Å². The number of nitrogens with one attached hydrogen (secondary N) is 1. The topological polar surface area (TPSA) is 72.2 Å². The Morgan fingerprint density at radius 2 is 1.78 bits per heavy atom. The van der Waals surface area contributed by atoms with Crippen molar-refractivity contribution in [2.24, 2.45) is 5.41 Å². The first-order valence-electron chi connectivity index (χ1n) is 10.3. The number of nitro groups is 1. The van der Waals surface area contributed by atoms with Crippen LogP contribution >= 0.6 is 23.2 Å². The molecule has 1 aliphatic heterocycles. The Morgan fingerprint density at radius 3 is 2.53 bits per heavy atom. The van der Waals surface area contributed by atoms with Crippen molar-refractivity contribution in [3.63, 3.8) is 0 Å². The number of carbonyl (C=O) groups excluding carboxylic acids is 1. The zero-order valence-electron chi connectivity index (χ0n) is 17.5. The number of carbonyl (C=O) groups is 1. The number of fused-ring (bicyclic) bond motifs is 4. The number of benzene rings is 3. The van der Waals surface area contributed by atoms with E-state index < -0.39 is 11.0 Å². The molecule has 0 aromatic heterocycles. The van der Waals surface area contributed by atoms with E-state index in [9.17, 15) is 14.9 Å². The predicted octanol–water partition coefficient (Wildman–Crippen LogP) is 7.36. The van der Waals surface area contributed by atoms with Crippen LogP contribution in [0.1, 0.15) is 43.9 Å². The first kappa shape index (κ1) is 21.0. The van der Waals surface area contributed by atoms with Crippen molar-refractivity contribution < 1.29 is 9.72 Å². The maximum atomic E-state index is 13.5. The monoisotopic (exact) mass is 466 g/mol. The summed E-state index contributed by atoms with van der Waals surface area (Å²) in [6, 6.07) is 14.6. The lowest BCUT2D eigenvalue weighted by Crippen LogP contribution is -2.33. The Balaban J connectivity index is 1.79. The van der Waals surface area contributed by atoms with Gasteiger partial charge in [-0.1, -0.05) is 67.4 Å². The van der Waals surface area contributed by atoms with Crippen LogP contribution in [0.5, 0.6) is 0 Å². The normalized spacial score (nSPS) is 19.4. The van der Waals surface area contributed by atoms with Crippen molar-refractivity contribution >= 4 is 56.7 Å². The number of Topliss-reactive ketones (excluding diaryl/α,β-unsaturated/α-hetero) is 1. The van der Waals surface area contributed by atoms with E-state index in [-0.39, 0.29) is 26.9 Å². The second-order valence-corrected chi connectivity index (χ2v) is 9.93. The highest BCUT2D eigenvalue weighted by molar-refractivity contribution is 6.44. The molecule has 162 valence electrons. The summed E-state index contributed by atoms with van der Waals surface area (Å²) in [4.78, 5) is 24.2. The van der Waals surface area contributed by atoms with E-state index in [0.29, 0.717) is 17.6 Å². The molecule has 0 saturated carbocycles. The van der Waals surface area contributed by atoms with Crippen molar-refractivity contribution in [3.8, 4) is 0 Å². The van der Waals surface area contributed by atoms with Gasteiger partial charge >= 0.3 is 0 Å². The average Bonchev–Trinajstić information content (AvgIpc) is 2.73. The molecule has 0 bridgehead atoms.